The second-order valence-corrected chi connectivity index (χ2v) is 7.00. The van der Waals surface area contributed by atoms with E-state index in [2.05, 4.69) is 80.7 Å². The van der Waals surface area contributed by atoms with Crippen molar-refractivity contribution < 1.29 is 0 Å². The predicted octanol–water partition coefficient (Wildman–Crippen LogP) is 5.52. The molecule has 0 atom stereocenters. The lowest BCUT2D eigenvalue weighted by Crippen LogP contribution is -2.06. The number of halogens is 1. The summed E-state index contributed by atoms with van der Waals surface area (Å²) in [7, 11) is 0. The largest absolute Gasteiger partial charge is 0.350 e. The molecule has 0 saturated carbocycles. The molecule has 0 fully saturated rings. The molecule has 5 heteroatoms. The van der Waals surface area contributed by atoms with E-state index in [9.17, 15) is 0 Å². The zero-order chi connectivity index (χ0) is 17.8. The molecule has 2 aromatic carbocycles. The Hall–Kier alpha value is -2.40. The summed E-state index contributed by atoms with van der Waals surface area (Å²) in [6.07, 6.45) is 0. The van der Waals surface area contributed by atoms with Gasteiger partial charge in [0.25, 0.3) is 0 Å². The van der Waals surface area contributed by atoms with Gasteiger partial charge in [-0.1, -0.05) is 51.8 Å². The second-order valence-electron chi connectivity index (χ2n) is 6.15. The van der Waals surface area contributed by atoms with Crippen LogP contribution in [0.1, 0.15) is 22.4 Å². The predicted molar refractivity (Wildman–Crippen MR) is 107 cm³/mol. The summed E-state index contributed by atoms with van der Waals surface area (Å²) >= 11 is 3.56. The third-order valence-corrected chi connectivity index (χ3v) is 4.72. The highest BCUT2D eigenvalue weighted by atomic mass is 79.9. The molecule has 0 radical (unpaired) electrons. The summed E-state index contributed by atoms with van der Waals surface area (Å²) in [5.74, 6) is 1.39. The molecule has 0 aliphatic carbocycles. The molecule has 128 valence electrons. The number of nitrogens with one attached hydrogen (secondary N) is 2. The first-order valence-electron chi connectivity index (χ1n) is 8.18. The van der Waals surface area contributed by atoms with Crippen LogP contribution in [0.4, 0.5) is 17.5 Å². The van der Waals surface area contributed by atoms with Crippen molar-refractivity contribution in [1.29, 1.82) is 0 Å². The van der Waals surface area contributed by atoms with E-state index in [1.807, 2.05) is 25.1 Å². The normalized spacial score (nSPS) is 10.6. The molecule has 1 aromatic heterocycles. The first-order valence-corrected chi connectivity index (χ1v) is 8.97. The molecule has 0 amide bonds. The van der Waals surface area contributed by atoms with Gasteiger partial charge in [-0.25, -0.2) is 4.98 Å². The van der Waals surface area contributed by atoms with Gasteiger partial charge >= 0.3 is 0 Å². The second kappa shape index (κ2) is 7.66. The minimum Gasteiger partial charge on any atom is -0.350 e. The van der Waals surface area contributed by atoms with E-state index in [-0.39, 0.29) is 0 Å². The Kier molecular flexibility index (Phi) is 5.34. The van der Waals surface area contributed by atoms with Gasteiger partial charge in [-0.2, -0.15) is 4.98 Å². The minimum atomic E-state index is 0.620. The van der Waals surface area contributed by atoms with E-state index in [4.69, 9.17) is 0 Å². The van der Waals surface area contributed by atoms with Gasteiger partial charge in [0.05, 0.1) is 0 Å². The van der Waals surface area contributed by atoms with Crippen LogP contribution in [0.25, 0.3) is 0 Å². The highest BCUT2D eigenvalue weighted by Gasteiger charge is 2.04. The molecule has 1 heterocycles. The molecule has 0 saturated heterocycles. The maximum Gasteiger partial charge on any atom is 0.225 e. The van der Waals surface area contributed by atoms with Crippen molar-refractivity contribution >= 4 is 33.4 Å². The number of nitrogens with zero attached hydrogens (tertiary/aromatic N) is 2. The third kappa shape index (κ3) is 4.79. The molecular formula is C20H21BrN4. The molecule has 0 unspecified atom stereocenters. The molecule has 3 rings (SSSR count). The zero-order valence-corrected chi connectivity index (χ0v) is 16.2. The number of aromatic nitrogens is 2. The number of hydrogen-bond donors (Lipinski definition) is 2. The lowest BCUT2D eigenvalue weighted by molar-refractivity contribution is 1.03. The SMILES string of the molecule is Cc1ccc(CNc2nc(C)cc(Nc3ccc(C)c(Br)c3)n2)cc1. The molecule has 0 spiro atoms. The van der Waals surface area contributed by atoms with Gasteiger partial charge in [0.2, 0.25) is 5.95 Å². The Morgan fingerprint density at radius 2 is 1.68 bits per heavy atom. The van der Waals surface area contributed by atoms with Gasteiger partial charge < -0.3 is 10.6 Å². The summed E-state index contributed by atoms with van der Waals surface area (Å²) in [5, 5.41) is 6.63. The van der Waals surface area contributed by atoms with Crippen molar-refractivity contribution in [2.24, 2.45) is 0 Å². The van der Waals surface area contributed by atoms with Gasteiger partial charge in [0, 0.05) is 28.5 Å². The summed E-state index contributed by atoms with van der Waals surface area (Å²) in [6.45, 7) is 6.81. The zero-order valence-electron chi connectivity index (χ0n) is 14.6. The van der Waals surface area contributed by atoms with Crippen molar-refractivity contribution in [3.8, 4) is 0 Å². The monoisotopic (exact) mass is 396 g/mol. The summed E-state index contributed by atoms with van der Waals surface area (Å²) < 4.78 is 1.07. The fraction of sp³-hybridized carbons (Fsp3) is 0.200. The Balaban J connectivity index is 1.73. The highest BCUT2D eigenvalue weighted by molar-refractivity contribution is 9.10. The van der Waals surface area contributed by atoms with Crippen molar-refractivity contribution in [3.05, 3.63) is 75.4 Å². The van der Waals surface area contributed by atoms with E-state index in [0.717, 1.165) is 21.7 Å². The first-order chi connectivity index (χ1) is 12.0. The van der Waals surface area contributed by atoms with Crippen molar-refractivity contribution in [3.63, 3.8) is 0 Å². The molecule has 3 aromatic rings. The van der Waals surface area contributed by atoms with E-state index >= 15 is 0 Å². The molecule has 0 aliphatic rings. The summed E-state index contributed by atoms with van der Waals surface area (Å²) in [6, 6.07) is 16.5. The van der Waals surface area contributed by atoms with Crippen LogP contribution in [0.15, 0.2) is 53.0 Å². The maximum atomic E-state index is 4.56. The quantitative estimate of drug-likeness (QED) is 0.595. The average molecular weight is 397 g/mol. The van der Waals surface area contributed by atoms with E-state index < -0.39 is 0 Å². The standard InChI is InChI=1S/C20H21BrN4/c1-13-4-7-16(8-5-13)12-22-20-23-15(3)10-19(25-20)24-17-9-6-14(2)18(21)11-17/h4-11H,12H2,1-3H3,(H2,22,23,24,25). The Morgan fingerprint density at radius 1 is 0.920 bits per heavy atom. The van der Waals surface area contributed by atoms with Crippen LogP contribution in [0.2, 0.25) is 0 Å². The van der Waals surface area contributed by atoms with Crippen LogP contribution in [0.5, 0.6) is 0 Å². The van der Waals surface area contributed by atoms with Crippen molar-refractivity contribution in [2.45, 2.75) is 27.3 Å². The molecule has 0 aliphatic heterocycles. The number of benzene rings is 2. The Morgan fingerprint density at radius 3 is 2.40 bits per heavy atom. The van der Waals surface area contributed by atoms with Crippen LogP contribution >= 0.6 is 15.9 Å². The minimum absolute atomic E-state index is 0.620. The van der Waals surface area contributed by atoms with E-state index in [1.165, 1.54) is 16.7 Å². The maximum absolute atomic E-state index is 4.56. The number of rotatable bonds is 5. The number of hydrogen-bond acceptors (Lipinski definition) is 4. The average Bonchev–Trinajstić information content (AvgIpc) is 2.57. The molecule has 2 N–H and O–H groups in total. The number of aryl methyl sites for hydroxylation is 3. The highest BCUT2D eigenvalue weighted by Crippen LogP contribution is 2.23. The third-order valence-electron chi connectivity index (χ3n) is 3.87. The van der Waals surface area contributed by atoms with Crippen LogP contribution in [-0.2, 0) is 6.54 Å². The van der Waals surface area contributed by atoms with Crippen LogP contribution in [-0.4, -0.2) is 9.97 Å². The first kappa shape index (κ1) is 17.4. The summed E-state index contributed by atoms with van der Waals surface area (Å²) in [4.78, 5) is 9.03. The van der Waals surface area contributed by atoms with Gasteiger partial charge in [-0.05, 0) is 44.0 Å². The van der Waals surface area contributed by atoms with Crippen LogP contribution in [0.3, 0.4) is 0 Å². The van der Waals surface area contributed by atoms with Gasteiger partial charge in [0.1, 0.15) is 5.82 Å². The Labute approximate surface area is 156 Å². The van der Waals surface area contributed by atoms with E-state index in [0.29, 0.717) is 12.5 Å². The summed E-state index contributed by atoms with van der Waals surface area (Å²) in [5.41, 5.74) is 5.55. The molecule has 0 bridgehead atoms. The lowest BCUT2D eigenvalue weighted by Gasteiger charge is -2.11. The topological polar surface area (TPSA) is 49.8 Å². The van der Waals surface area contributed by atoms with Gasteiger partial charge in [0.15, 0.2) is 0 Å². The van der Waals surface area contributed by atoms with Crippen LogP contribution < -0.4 is 10.6 Å². The van der Waals surface area contributed by atoms with E-state index in [1.54, 1.807) is 0 Å². The van der Waals surface area contributed by atoms with Crippen molar-refractivity contribution in [2.75, 3.05) is 10.6 Å². The van der Waals surface area contributed by atoms with Crippen LogP contribution in [0, 0.1) is 20.8 Å². The fourth-order valence-electron chi connectivity index (χ4n) is 2.42. The lowest BCUT2D eigenvalue weighted by atomic mass is 10.1. The number of anilines is 3. The Bertz CT molecular complexity index is 875. The fourth-order valence-corrected chi connectivity index (χ4v) is 2.80. The smallest absolute Gasteiger partial charge is 0.225 e. The molecule has 25 heavy (non-hydrogen) atoms. The van der Waals surface area contributed by atoms with Gasteiger partial charge in [-0.15, -0.1) is 0 Å². The molecular weight excluding hydrogens is 376 g/mol. The molecule has 4 nitrogen and oxygen atoms in total. The van der Waals surface area contributed by atoms with Gasteiger partial charge in [-0.3, -0.25) is 0 Å². The van der Waals surface area contributed by atoms with Crippen molar-refractivity contribution in [1.82, 2.24) is 9.97 Å².